The van der Waals surface area contributed by atoms with E-state index in [-0.39, 0.29) is 12.3 Å². The zero-order valence-corrected chi connectivity index (χ0v) is 15.6. The van der Waals surface area contributed by atoms with Crippen LogP contribution in [0.4, 0.5) is 5.69 Å². The summed E-state index contributed by atoms with van der Waals surface area (Å²) >= 11 is 0. The number of hydrogen-bond donors (Lipinski definition) is 1. The Morgan fingerprint density at radius 3 is 2.71 bits per heavy atom. The Kier molecular flexibility index (Phi) is 6.06. The molecule has 7 nitrogen and oxygen atoms in total. The fourth-order valence-electron chi connectivity index (χ4n) is 2.65. The SMILES string of the molecule is COC(=O)c1ccccc1NC(=O)CCc1ncc(-c2cccc(OC)c2)o1. The van der Waals surface area contributed by atoms with E-state index in [4.69, 9.17) is 13.9 Å². The number of nitrogens with one attached hydrogen (secondary N) is 1. The van der Waals surface area contributed by atoms with E-state index in [9.17, 15) is 9.59 Å². The van der Waals surface area contributed by atoms with Gasteiger partial charge < -0.3 is 19.2 Å². The van der Waals surface area contributed by atoms with Gasteiger partial charge in [-0.15, -0.1) is 0 Å². The summed E-state index contributed by atoms with van der Waals surface area (Å²) in [5, 5.41) is 2.72. The summed E-state index contributed by atoms with van der Waals surface area (Å²) < 4.78 is 15.7. The third kappa shape index (κ3) is 4.56. The van der Waals surface area contributed by atoms with Crippen molar-refractivity contribution in [1.82, 2.24) is 4.98 Å². The number of benzene rings is 2. The minimum Gasteiger partial charge on any atom is -0.497 e. The molecule has 0 fully saturated rings. The first-order chi connectivity index (χ1) is 13.6. The van der Waals surface area contributed by atoms with E-state index in [0.717, 1.165) is 11.3 Å². The molecule has 0 bridgehead atoms. The highest BCUT2D eigenvalue weighted by Gasteiger charge is 2.14. The van der Waals surface area contributed by atoms with Gasteiger partial charge in [-0.05, 0) is 24.3 Å². The number of amides is 1. The third-order valence-corrected chi connectivity index (χ3v) is 4.08. The molecule has 1 heterocycles. The maximum absolute atomic E-state index is 12.3. The van der Waals surface area contributed by atoms with Crippen LogP contribution in [0.1, 0.15) is 22.7 Å². The fourth-order valence-corrected chi connectivity index (χ4v) is 2.65. The first-order valence-electron chi connectivity index (χ1n) is 8.67. The lowest BCUT2D eigenvalue weighted by Gasteiger charge is -2.09. The van der Waals surface area contributed by atoms with Gasteiger partial charge in [0.1, 0.15) is 5.75 Å². The van der Waals surface area contributed by atoms with Crippen molar-refractivity contribution in [2.45, 2.75) is 12.8 Å². The molecule has 1 amide bonds. The number of oxazole rings is 1. The average molecular weight is 380 g/mol. The predicted molar refractivity (Wildman–Crippen MR) is 103 cm³/mol. The second-order valence-electron chi connectivity index (χ2n) is 5.94. The number of aromatic nitrogens is 1. The van der Waals surface area contributed by atoms with Gasteiger partial charge in [0.15, 0.2) is 11.7 Å². The average Bonchev–Trinajstić information content (AvgIpc) is 3.21. The van der Waals surface area contributed by atoms with E-state index in [1.807, 2.05) is 24.3 Å². The lowest BCUT2D eigenvalue weighted by molar-refractivity contribution is -0.116. The minimum absolute atomic E-state index is 0.160. The van der Waals surface area contributed by atoms with Crippen LogP contribution in [0.2, 0.25) is 0 Å². The molecule has 144 valence electrons. The Labute approximate surface area is 162 Å². The molecule has 2 aromatic carbocycles. The maximum Gasteiger partial charge on any atom is 0.339 e. The number of methoxy groups -OCH3 is 2. The van der Waals surface area contributed by atoms with Crippen LogP contribution in [0.5, 0.6) is 5.75 Å². The Bertz CT molecular complexity index is 980. The zero-order chi connectivity index (χ0) is 19.9. The smallest absolute Gasteiger partial charge is 0.339 e. The van der Waals surface area contributed by atoms with Crippen LogP contribution < -0.4 is 10.1 Å². The van der Waals surface area contributed by atoms with Gasteiger partial charge in [0.2, 0.25) is 5.91 Å². The van der Waals surface area contributed by atoms with Crippen LogP contribution >= 0.6 is 0 Å². The lowest BCUT2D eigenvalue weighted by Crippen LogP contribution is -2.15. The Balaban J connectivity index is 1.62. The topological polar surface area (TPSA) is 90.7 Å². The molecular weight excluding hydrogens is 360 g/mol. The van der Waals surface area contributed by atoms with Crippen molar-refractivity contribution in [2.75, 3.05) is 19.5 Å². The van der Waals surface area contributed by atoms with Gasteiger partial charge in [-0.3, -0.25) is 4.79 Å². The molecule has 0 radical (unpaired) electrons. The molecule has 0 unspecified atom stereocenters. The third-order valence-electron chi connectivity index (χ3n) is 4.08. The fraction of sp³-hybridized carbons (Fsp3) is 0.190. The summed E-state index contributed by atoms with van der Waals surface area (Å²) in [6.45, 7) is 0. The summed E-state index contributed by atoms with van der Waals surface area (Å²) in [5.74, 6) is 1.02. The monoisotopic (exact) mass is 380 g/mol. The number of rotatable bonds is 7. The zero-order valence-electron chi connectivity index (χ0n) is 15.6. The van der Waals surface area contributed by atoms with Gasteiger partial charge in [-0.1, -0.05) is 24.3 Å². The molecule has 0 saturated heterocycles. The van der Waals surface area contributed by atoms with Gasteiger partial charge in [0.25, 0.3) is 0 Å². The predicted octanol–water partition coefficient (Wildman–Crippen LogP) is 3.71. The highest BCUT2D eigenvalue weighted by molar-refractivity contribution is 6.01. The molecule has 0 aliphatic rings. The number of para-hydroxylation sites is 1. The highest BCUT2D eigenvalue weighted by Crippen LogP contribution is 2.25. The van der Waals surface area contributed by atoms with E-state index >= 15 is 0 Å². The molecule has 0 atom stereocenters. The number of hydrogen-bond acceptors (Lipinski definition) is 6. The number of esters is 1. The molecule has 7 heteroatoms. The first-order valence-corrected chi connectivity index (χ1v) is 8.67. The standard InChI is InChI=1S/C21H20N2O5/c1-26-15-7-5-6-14(12-15)18-13-22-20(28-18)11-10-19(24)23-17-9-4-3-8-16(17)21(25)27-2/h3-9,12-13H,10-11H2,1-2H3,(H,23,24). The van der Waals surface area contributed by atoms with Crippen molar-refractivity contribution in [2.24, 2.45) is 0 Å². The molecule has 0 aliphatic carbocycles. The summed E-state index contributed by atoms with van der Waals surface area (Å²) in [5.41, 5.74) is 1.55. The molecule has 3 aromatic rings. The summed E-state index contributed by atoms with van der Waals surface area (Å²) in [6.07, 6.45) is 2.11. The first kappa shape index (κ1) is 19.2. The van der Waals surface area contributed by atoms with Crippen molar-refractivity contribution in [3.63, 3.8) is 0 Å². The molecule has 3 rings (SSSR count). The van der Waals surface area contributed by atoms with Crippen molar-refractivity contribution >= 4 is 17.6 Å². The Morgan fingerprint density at radius 1 is 1.11 bits per heavy atom. The highest BCUT2D eigenvalue weighted by atomic mass is 16.5. The summed E-state index contributed by atoms with van der Waals surface area (Å²) in [6, 6.07) is 14.1. The van der Waals surface area contributed by atoms with Crippen molar-refractivity contribution in [3.05, 3.63) is 66.2 Å². The Hall–Kier alpha value is -3.61. The van der Waals surface area contributed by atoms with Crippen LogP contribution in [-0.2, 0) is 16.0 Å². The number of carbonyl (C=O) groups excluding carboxylic acids is 2. The van der Waals surface area contributed by atoms with Crippen molar-refractivity contribution in [1.29, 1.82) is 0 Å². The largest absolute Gasteiger partial charge is 0.497 e. The summed E-state index contributed by atoms with van der Waals surface area (Å²) in [4.78, 5) is 28.3. The number of aryl methyl sites for hydroxylation is 1. The van der Waals surface area contributed by atoms with Crippen LogP contribution in [0.15, 0.2) is 59.1 Å². The Morgan fingerprint density at radius 2 is 1.93 bits per heavy atom. The molecule has 28 heavy (non-hydrogen) atoms. The quantitative estimate of drug-likeness (QED) is 0.629. The molecule has 0 aliphatic heterocycles. The van der Waals surface area contributed by atoms with E-state index < -0.39 is 5.97 Å². The van der Waals surface area contributed by atoms with Crippen LogP contribution in [0.3, 0.4) is 0 Å². The van der Waals surface area contributed by atoms with Gasteiger partial charge >= 0.3 is 5.97 Å². The number of ether oxygens (including phenoxy) is 2. The molecule has 0 spiro atoms. The van der Waals surface area contributed by atoms with Gasteiger partial charge in [-0.2, -0.15) is 0 Å². The lowest BCUT2D eigenvalue weighted by atomic mass is 10.1. The van der Waals surface area contributed by atoms with Crippen molar-refractivity contribution in [3.8, 4) is 17.1 Å². The second kappa shape index (κ2) is 8.85. The van der Waals surface area contributed by atoms with E-state index in [2.05, 4.69) is 10.3 Å². The van der Waals surface area contributed by atoms with E-state index in [1.54, 1.807) is 37.6 Å². The second-order valence-corrected chi connectivity index (χ2v) is 5.94. The van der Waals surface area contributed by atoms with Crippen LogP contribution in [-0.4, -0.2) is 31.1 Å². The van der Waals surface area contributed by atoms with Gasteiger partial charge in [-0.25, -0.2) is 9.78 Å². The molecular formula is C21H20N2O5. The van der Waals surface area contributed by atoms with Crippen LogP contribution in [0.25, 0.3) is 11.3 Å². The van der Waals surface area contributed by atoms with Crippen LogP contribution in [0, 0.1) is 0 Å². The number of carbonyl (C=O) groups is 2. The molecule has 1 aromatic heterocycles. The van der Waals surface area contributed by atoms with Crippen molar-refractivity contribution < 1.29 is 23.5 Å². The summed E-state index contributed by atoms with van der Waals surface area (Å²) in [7, 11) is 2.89. The van der Waals surface area contributed by atoms with E-state index in [1.165, 1.54) is 7.11 Å². The minimum atomic E-state index is -0.508. The van der Waals surface area contributed by atoms with E-state index in [0.29, 0.717) is 29.3 Å². The van der Waals surface area contributed by atoms with Gasteiger partial charge in [0.05, 0.1) is 31.7 Å². The number of nitrogens with zero attached hydrogens (tertiary/aromatic N) is 1. The molecule has 1 N–H and O–H groups in total. The number of anilines is 1. The molecule has 0 saturated carbocycles. The normalized spacial score (nSPS) is 10.4. The van der Waals surface area contributed by atoms with Gasteiger partial charge in [0, 0.05) is 18.4 Å². The maximum atomic E-state index is 12.3.